The summed E-state index contributed by atoms with van der Waals surface area (Å²) in [6.07, 6.45) is 2.67. The van der Waals surface area contributed by atoms with Gasteiger partial charge >= 0.3 is 0 Å². The lowest BCUT2D eigenvalue weighted by molar-refractivity contribution is 0.108. The molecule has 1 saturated heterocycles. The third-order valence-electron chi connectivity index (χ3n) is 3.18. The molecule has 1 aliphatic rings. The molecule has 0 amide bonds. The Morgan fingerprint density at radius 2 is 2.12 bits per heavy atom. The maximum Gasteiger partial charge on any atom is 0.290 e. The molecule has 0 radical (unpaired) electrons. The quantitative estimate of drug-likeness (QED) is 0.726. The topological polar surface area (TPSA) is 59.2 Å². The third kappa shape index (κ3) is 2.29. The van der Waals surface area contributed by atoms with Gasteiger partial charge in [-0.25, -0.2) is 0 Å². The largest absolute Gasteiger partial charge is 0.331 e. The minimum absolute atomic E-state index is 0.0845. The molecule has 1 aromatic heterocycles. The van der Waals surface area contributed by atoms with Gasteiger partial charge in [0.15, 0.2) is 5.82 Å². The van der Waals surface area contributed by atoms with Crippen molar-refractivity contribution < 1.29 is 9.32 Å². The first-order chi connectivity index (χ1) is 7.70. The normalized spacial score (nSPS) is 19.2. The van der Waals surface area contributed by atoms with Crippen LogP contribution in [0.5, 0.6) is 0 Å². The van der Waals surface area contributed by atoms with E-state index in [-0.39, 0.29) is 5.89 Å². The molecular formula is C11H17N3O2. The maximum atomic E-state index is 10.4. The van der Waals surface area contributed by atoms with E-state index in [2.05, 4.69) is 28.9 Å². The molecule has 2 rings (SSSR count). The van der Waals surface area contributed by atoms with Crippen molar-refractivity contribution >= 4 is 6.29 Å². The van der Waals surface area contributed by atoms with Crippen molar-refractivity contribution in [3.8, 4) is 0 Å². The van der Waals surface area contributed by atoms with Gasteiger partial charge in [-0.3, -0.25) is 4.79 Å². The smallest absolute Gasteiger partial charge is 0.290 e. The van der Waals surface area contributed by atoms with E-state index in [1.54, 1.807) is 0 Å². The molecule has 1 aliphatic heterocycles. The predicted molar refractivity (Wildman–Crippen MR) is 58.4 cm³/mol. The van der Waals surface area contributed by atoms with E-state index in [1.807, 2.05) is 0 Å². The number of nitrogens with zero attached hydrogens (tertiary/aromatic N) is 3. The summed E-state index contributed by atoms with van der Waals surface area (Å²) in [6.45, 7) is 6.54. The number of aldehydes is 1. The Kier molecular flexibility index (Phi) is 3.33. The molecule has 0 aliphatic carbocycles. The van der Waals surface area contributed by atoms with Gasteiger partial charge in [0.2, 0.25) is 6.29 Å². The average Bonchev–Trinajstić information content (AvgIpc) is 2.77. The summed E-state index contributed by atoms with van der Waals surface area (Å²) in [7, 11) is 0. The van der Waals surface area contributed by atoms with Crippen molar-refractivity contribution in [2.24, 2.45) is 0 Å². The molecule has 88 valence electrons. The van der Waals surface area contributed by atoms with Gasteiger partial charge in [0.25, 0.3) is 5.89 Å². The molecule has 0 spiro atoms. The van der Waals surface area contributed by atoms with Gasteiger partial charge in [-0.05, 0) is 39.8 Å². The number of hydrogen-bond donors (Lipinski definition) is 0. The molecule has 1 fully saturated rings. The van der Waals surface area contributed by atoms with Crippen LogP contribution in [0.3, 0.4) is 0 Å². The average molecular weight is 223 g/mol. The highest BCUT2D eigenvalue weighted by Gasteiger charge is 2.25. The van der Waals surface area contributed by atoms with E-state index in [0.717, 1.165) is 25.9 Å². The number of carbonyl (C=O) groups is 1. The number of rotatable bonds is 3. The highest BCUT2D eigenvalue weighted by Crippen LogP contribution is 2.26. The molecule has 0 N–H and O–H groups in total. The molecule has 0 aromatic carbocycles. The van der Waals surface area contributed by atoms with E-state index < -0.39 is 0 Å². The zero-order valence-corrected chi connectivity index (χ0v) is 9.72. The number of carbonyl (C=O) groups excluding carboxylic acids is 1. The van der Waals surface area contributed by atoms with Crippen molar-refractivity contribution in [3.05, 3.63) is 11.7 Å². The summed E-state index contributed by atoms with van der Waals surface area (Å²) in [6, 6.07) is 0.594. The summed E-state index contributed by atoms with van der Waals surface area (Å²) in [5.41, 5.74) is 0. The lowest BCUT2D eigenvalue weighted by Crippen LogP contribution is -2.38. The van der Waals surface area contributed by atoms with Crippen molar-refractivity contribution in [2.75, 3.05) is 13.1 Å². The molecule has 0 atom stereocenters. The van der Waals surface area contributed by atoms with Crippen LogP contribution >= 0.6 is 0 Å². The lowest BCUT2D eigenvalue weighted by Gasteiger charge is -2.33. The Labute approximate surface area is 94.8 Å². The van der Waals surface area contributed by atoms with Crippen LogP contribution in [0.25, 0.3) is 0 Å². The summed E-state index contributed by atoms with van der Waals surface area (Å²) in [4.78, 5) is 16.9. The fourth-order valence-corrected chi connectivity index (χ4v) is 2.14. The second-order valence-electron chi connectivity index (χ2n) is 4.51. The second kappa shape index (κ2) is 4.74. The number of likely N-dealkylation sites (tertiary alicyclic amines) is 1. The van der Waals surface area contributed by atoms with Crippen LogP contribution in [0.15, 0.2) is 4.52 Å². The molecule has 1 aromatic rings. The summed E-state index contributed by atoms with van der Waals surface area (Å²) < 4.78 is 4.80. The molecule has 0 unspecified atom stereocenters. The minimum atomic E-state index is 0.0845. The Balaban J connectivity index is 1.96. The zero-order chi connectivity index (χ0) is 11.5. The van der Waals surface area contributed by atoms with Crippen LogP contribution < -0.4 is 0 Å². The van der Waals surface area contributed by atoms with Gasteiger partial charge < -0.3 is 9.42 Å². The molecule has 0 saturated carbocycles. The third-order valence-corrected chi connectivity index (χ3v) is 3.18. The van der Waals surface area contributed by atoms with Gasteiger partial charge in [-0.2, -0.15) is 4.98 Å². The van der Waals surface area contributed by atoms with Crippen LogP contribution in [-0.2, 0) is 0 Å². The monoisotopic (exact) mass is 223 g/mol. The fraction of sp³-hybridized carbons (Fsp3) is 0.727. The lowest BCUT2D eigenvalue weighted by atomic mass is 9.95. The Morgan fingerprint density at radius 1 is 1.44 bits per heavy atom. The summed E-state index contributed by atoms with van der Waals surface area (Å²) in [5.74, 6) is 1.11. The molecule has 2 heterocycles. The molecule has 5 heteroatoms. The van der Waals surface area contributed by atoms with Gasteiger partial charge in [0.1, 0.15) is 0 Å². The van der Waals surface area contributed by atoms with E-state index in [1.165, 1.54) is 0 Å². The van der Waals surface area contributed by atoms with E-state index >= 15 is 0 Å². The van der Waals surface area contributed by atoms with E-state index in [9.17, 15) is 4.79 Å². The highest BCUT2D eigenvalue weighted by molar-refractivity contribution is 5.66. The first kappa shape index (κ1) is 11.3. The summed E-state index contributed by atoms with van der Waals surface area (Å²) in [5, 5.41) is 3.84. The van der Waals surface area contributed by atoms with Gasteiger partial charge in [-0.1, -0.05) is 5.16 Å². The molecule has 0 bridgehead atoms. The SMILES string of the molecule is CC(C)N1CCC(c2noc(C=O)n2)CC1. The van der Waals surface area contributed by atoms with Crippen LogP contribution in [0.4, 0.5) is 0 Å². The molecule has 5 nitrogen and oxygen atoms in total. The van der Waals surface area contributed by atoms with E-state index in [4.69, 9.17) is 4.52 Å². The van der Waals surface area contributed by atoms with Crippen molar-refractivity contribution in [1.29, 1.82) is 0 Å². The maximum absolute atomic E-state index is 10.4. The van der Waals surface area contributed by atoms with Gasteiger partial charge in [0, 0.05) is 12.0 Å². The first-order valence-corrected chi connectivity index (χ1v) is 5.73. The molecule has 16 heavy (non-hydrogen) atoms. The Bertz CT molecular complexity index is 354. The zero-order valence-electron chi connectivity index (χ0n) is 9.72. The predicted octanol–water partition coefficient (Wildman–Crippen LogP) is 1.47. The van der Waals surface area contributed by atoms with Crippen molar-refractivity contribution in [2.45, 2.75) is 38.6 Å². The summed E-state index contributed by atoms with van der Waals surface area (Å²) >= 11 is 0. The second-order valence-corrected chi connectivity index (χ2v) is 4.51. The Morgan fingerprint density at radius 3 is 2.62 bits per heavy atom. The van der Waals surface area contributed by atoms with Crippen molar-refractivity contribution in [3.63, 3.8) is 0 Å². The standard InChI is InChI=1S/C11H17N3O2/c1-8(2)14-5-3-9(4-6-14)11-12-10(7-15)16-13-11/h7-9H,3-6H2,1-2H3. The number of piperidine rings is 1. The minimum Gasteiger partial charge on any atom is -0.331 e. The highest BCUT2D eigenvalue weighted by atomic mass is 16.5. The van der Waals surface area contributed by atoms with Gasteiger partial charge in [0.05, 0.1) is 0 Å². The fourth-order valence-electron chi connectivity index (χ4n) is 2.14. The van der Waals surface area contributed by atoms with Crippen molar-refractivity contribution in [1.82, 2.24) is 15.0 Å². The van der Waals surface area contributed by atoms with Gasteiger partial charge in [-0.15, -0.1) is 0 Å². The first-order valence-electron chi connectivity index (χ1n) is 5.73. The van der Waals surface area contributed by atoms with Crippen LogP contribution in [0, 0.1) is 0 Å². The van der Waals surface area contributed by atoms with Crippen LogP contribution in [0.2, 0.25) is 0 Å². The van der Waals surface area contributed by atoms with Crippen LogP contribution in [0.1, 0.15) is 49.1 Å². The Hall–Kier alpha value is -1.23. The number of aromatic nitrogens is 2. The van der Waals surface area contributed by atoms with E-state index in [0.29, 0.717) is 24.1 Å². The van der Waals surface area contributed by atoms with Crippen LogP contribution in [-0.4, -0.2) is 40.5 Å². The number of hydrogen-bond acceptors (Lipinski definition) is 5. The molecular weight excluding hydrogens is 206 g/mol.